The summed E-state index contributed by atoms with van der Waals surface area (Å²) in [7, 11) is 0. The molecular weight excluding hydrogens is 462 g/mol. The third-order valence-corrected chi connectivity index (χ3v) is 5.53. The third kappa shape index (κ3) is 5.96. The van der Waals surface area contributed by atoms with Gasteiger partial charge in [-0.25, -0.2) is 13.8 Å². The number of benzene rings is 3. The van der Waals surface area contributed by atoms with Gasteiger partial charge in [0.25, 0.3) is 11.8 Å². The lowest BCUT2D eigenvalue weighted by atomic mass is 9.87. The van der Waals surface area contributed by atoms with Crippen LogP contribution in [0.25, 0.3) is 0 Å². The molecule has 0 saturated heterocycles. The standard InChI is InChI=1S/C25H21ClF2N4O2/c26-17-8-4-7-16(11-17)24(34)32-25(30-18-9-10-21(27)22(28)14-18)31-20-12-19(13-20)29-23(33)15-5-2-1-3-6-15/h1-11,14,19-20H,12-13H2,(H,29,33)(H2,30,31,32,34). The van der Waals surface area contributed by atoms with Crippen LogP contribution in [0.1, 0.15) is 33.6 Å². The molecule has 0 aliphatic heterocycles. The van der Waals surface area contributed by atoms with Crippen LogP contribution < -0.4 is 16.0 Å². The molecule has 174 valence electrons. The van der Waals surface area contributed by atoms with E-state index in [9.17, 15) is 18.4 Å². The molecule has 4 rings (SSSR count). The SMILES string of the molecule is O=C(NC(=NC1CC(NC(=O)c2ccccc2)C1)Nc1ccc(F)c(F)c1)c1cccc(Cl)c1. The Labute approximate surface area is 200 Å². The molecule has 0 atom stereocenters. The van der Waals surface area contributed by atoms with Gasteiger partial charge in [-0.3, -0.25) is 14.9 Å². The number of guanidine groups is 1. The maximum Gasteiger partial charge on any atom is 0.258 e. The van der Waals surface area contributed by atoms with Crippen LogP contribution in [-0.4, -0.2) is 29.9 Å². The zero-order valence-electron chi connectivity index (χ0n) is 17.9. The van der Waals surface area contributed by atoms with Gasteiger partial charge in [-0.05, 0) is 55.3 Å². The Hall–Kier alpha value is -3.78. The summed E-state index contributed by atoms with van der Waals surface area (Å²) in [5.41, 5.74) is 1.11. The van der Waals surface area contributed by atoms with Crippen molar-refractivity contribution in [3.8, 4) is 0 Å². The van der Waals surface area contributed by atoms with Crippen molar-refractivity contribution in [1.29, 1.82) is 0 Å². The van der Waals surface area contributed by atoms with E-state index < -0.39 is 17.5 Å². The van der Waals surface area contributed by atoms with Gasteiger partial charge in [-0.1, -0.05) is 35.9 Å². The van der Waals surface area contributed by atoms with Crippen molar-refractivity contribution in [3.63, 3.8) is 0 Å². The summed E-state index contributed by atoms with van der Waals surface area (Å²) in [6.45, 7) is 0. The largest absolute Gasteiger partial charge is 0.349 e. The van der Waals surface area contributed by atoms with Gasteiger partial charge in [0, 0.05) is 33.9 Å². The van der Waals surface area contributed by atoms with E-state index in [1.165, 1.54) is 12.1 Å². The minimum Gasteiger partial charge on any atom is -0.349 e. The van der Waals surface area contributed by atoms with Gasteiger partial charge < -0.3 is 10.6 Å². The fourth-order valence-corrected chi connectivity index (χ4v) is 3.66. The maximum atomic E-state index is 13.7. The molecule has 1 saturated carbocycles. The molecule has 0 radical (unpaired) electrons. The van der Waals surface area contributed by atoms with Crippen molar-refractivity contribution >= 4 is 35.1 Å². The highest BCUT2D eigenvalue weighted by Crippen LogP contribution is 2.24. The fourth-order valence-electron chi connectivity index (χ4n) is 3.47. The van der Waals surface area contributed by atoms with Crippen molar-refractivity contribution in [2.75, 3.05) is 5.32 Å². The number of hydrogen-bond donors (Lipinski definition) is 3. The van der Waals surface area contributed by atoms with Crippen molar-refractivity contribution in [3.05, 3.63) is 101 Å². The normalized spacial score (nSPS) is 17.4. The summed E-state index contributed by atoms with van der Waals surface area (Å²) in [5, 5.41) is 8.84. The smallest absolute Gasteiger partial charge is 0.258 e. The molecule has 3 aromatic carbocycles. The first kappa shape index (κ1) is 23.4. The average molecular weight is 483 g/mol. The second-order valence-corrected chi connectivity index (χ2v) is 8.29. The quantitative estimate of drug-likeness (QED) is 0.361. The number of nitrogens with one attached hydrogen (secondary N) is 3. The van der Waals surface area contributed by atoms with Crippen molar-refractivity contribution < 1.29 is 18.4 Å². The van der Waals surface area contributed by atoms with E-state index in [2.05, 4.69) is 20.9 Å². The number of carbonyl (C=O) groups excluding carboxylic acids is 2. The van der Waals surface area contributed by atoms with E-state index >= 15 is 0 Å². The van der Waals surface area contributed by atoms with E-state index in [4.69, 9.17) is 11.6 Å². The summed E-state index contributed by atoms with van der Waals surface area (Å²) in [4.78, 5) is 29.5. The summed E-state index contributed by atoms with van der Waals surface area (Å²) >= 11 is 5.97. The number of anilines is 1. The summed E-state index contributed by atoms with van der Waals surface area (Å²) in [5.74, 6) is -2.57. The molecule has 6 nitrogen and oxygen atoms in total. The van der Waals surface area contributed by atoms with Gasteiger partial charge in [0.2, 0.25) is 5.96 Å². The lowest BCUT2D eigenvalue weighted by Gasteiger charge is -2.33. The van der Waals surface area contributed by atoms with Crippen molar-refractivity contribution in [1.82, 2.24) is 10.6 Å². The lowest BCUT2D eigenvalue weighted by Crippen LogP contribution is -2.47. The zero-order chi connectivity index (χ0) is 24.1. The second-order valence-electron chi connectivity index (χ2n) is 7.86. The molecule has 2 amide bonds. The van der Waals surface area contributed by atoms with Crippen LogP contribution in [-0.2, 0) is 0 Å². The number of hydrogen-bond acceptors (Lipinski definition) is 3. The Balaban J connectivity index is 1.44. The second kappa shape index (κ2) is 10.4. The molecule has 9 heteroatoms. The Morgan fingerprint density at radius 2 is 1.59 bits per heavy atom. The molecule has 0 aromatic heterocycles. The van der Waals surface area contributed by atoms with Crippen molar-refractivity contribution in [2.45, 2.75) is 24.9 Å². The van der Waals surface area contributed by atoms with Gasteiger partial charge in [-0.2, -0.15) is 0 Å². The van der Waals surface area contributed by atoms with Crippen LogP contribution in [0.3, 0.4) is 0 Å². The number of nitrogens with zero attached hydrogens (tertiary/aromatic N) is 1. The first-order valence-electron chi connectivity index (χ1n) is 10.6. The predicted octanol–water partition coefficient (Wildman–Crippen LogP) is 4.78. The molecule has 0 unspecified atom stereocenters. The number of aliphatic imine (C=N–C) groups is 1. The number of rotatable bonds is 5. The highest BCUT2D eigenvalue weighted by molar-refractivity contribution is 6.31. The van der Waals surface area contributed by atoms with Crippen LogP contribution in [0.5, 0.6) is 0 Å². The molecular formula is C25H21ClF2N4O2. The average Bonchev–Trinajstić information content (AvgIpc) is 2.80. The minimum absolute atomic E-state index is 0.0606. The Kier molecular flexibility index (Phi) is 7.18. The first-order chi connectivity index (χ1) is 16.4. The number of carbonyl (C=O) groups is 2. The van der Waals surface area contributed by atoms with E-state index in [0.717, 1.165) is 12.1 Å². The number of halogens is 3. The summed E-state index contributed by atoms with van der Waals surface area (Å²) in [6, 6.07) is 18.3. The molecule has 34 heavy (non-hydrogen) atoms. The first-order valence-corrected chi connectivity index (χ1v) is 11.0. The van der Waals surface area contributed by atoms with Gasteiger partial charge in [0.05, 0.1) is 6.04 Å². The Morgan fingerprint density at radius 3 is 2.29 bits per heavy atom. The topological polar surface area (TPSA) is 82.6 Å². The van der Waals surface area contributed by atoms with Crippen molar-refractivity contribution in [2.24, 2.45) is 4.99 Å². The lowest BCUT2D eigenvalue weighted by molar-refractivity contribution is 0.0910. The highest BCUT2D eigenvalue weighted by Gasteiger charge is 2.31. The van der Waals surface area contributed by atoms with Gasteiger partial charge in [0.15, 0.2) is 11.6 Å². The molecule has 1 fully saturated rings. The van der Waals surface area contributed by atoms with Crippen LogP contribution >= 0.6 is 11.6 Å². The zero-order valence-corrected chi connectivity index (χ0v) is 18.7. The Morgan fingerprint density at radius 1 is 0.853 bits per heavy atom. The summed E-state index contributed by atoms with van der Waals surface area (Å²) < 4.78 is 27.0. The summed E-state index contributed by atoms with van der Waals surface area (Å²) in [6.07, 6.45) is 1.13. The van der Waals surface area contributed by atoms with E-state index in [-0.39, 0.29) is 29.6 Å². The van der Waals surface area contributed by atoms with E-state index in [0.29, 0.717) is 29.0 Å². The highest BCUT2D eigenvalue weighted by atomic mass is 35.5. The third-order valence-electron chi connectivity index (χ3n) is 5.30. The molecule has 0 spiro atoms. The molecule has 3 aromatic rings. The van der Waals surface area contributed by atoms with E-state index in [1.807, 2.05) is 6.07 Å². The Bertz CT molecular complexity index is 1230. The molecule has 0 bridgehead atoms. The minimum atomic E-state index is -1.03. The van der Waals surface area contributed by atoms with Crippen LogP contribution in [0.2, 0.25) is 5.02 Å². The molecule has 0 heterocycles. The van der Waals surface area contributed by atoms with Crippen LogP contribution in [0.4, 0.5) is 14.5 Å². The maximum absolute atomic E-state index is 13.7. The number of amides is 2. The van der Waals surface area contributed by atoms with Crippen LogP contribution in [0.15, 0.2) is 77.8 Å². The van der Waals surface area contributed by atoms with Crippen LogP contribution in [0, 0.1) is 11.6 Å². The predicted molar refractivity (Wildman–Crippen MR) is 127 cm³/mol. The fraction of sp³-hybridized carbons (Fsp3) is 0.160. The van der Waals surface area contributed by atoms with Gasteiger partial charge >= 0.3 is 0 Å². The van der Waals surface area contributed by atoms with Gasteiger partial charge in [-0.15, -0.1) is 0 Å². The molecule has 3 N–H and O–H groups in total. The molecule has 1 aliphatic rings. The molecule has 1 aliphatic carbocycles. The monoisotopic (exact) mass is 482 g/mol. The van der Waals surface area contributed by atoms with Gasteiger partial charge in [0.1, 0.15) is 0 Å². The van der Waals surface area contributed by atoms with E-state index in [1.54, 1.807) is 42.5 Å².